The number of thiophene rings is 1. The van der Waals surface area contributed by atoms with Crippen molar-refractivity contribution in [1.29, 1.82) is 0 Å². The van der Waals surface area contributed by atoms with E-state index >= 15 is 0 Å². The molecule has 1 atom stereocenters. The number of carbonyl (C=O) groups is 4. The van der Waals surface area contributed by atoms with Crippen molar-refractivity contribution in [2.75, 3.05) is 32.0 Å². The van der Waals surface area contributed by atoms with Gasteiger partial charge in [0.1, 0.15) is 10.7 Å². The van der Waals surface area contributed by atoms with Crippen LogP contribution in [0.1, 0.15) is 75.7 Å². The number of aryl methyl sites for hydroxylation is 1. The number of hydrogen-bond donors (Lipinski definition) is 3. The number of rotatable bonds is 13. The van der Waals surface area contributed by atoms with E-state index in [0.29, 0.717) is 45.3 Å². The maximum atomic E-state index is 13.7. The van der Waals surface area contributed by atoms with Crippen LogP contribution in [0.25, 0.3) is 6.08 Å². The van der Waals surface area contributed by atoms with E-state index in [1.807, 2.05) is 13.0 Å². The second-order valence-electron chi connectivity index (χ2n) is 12.1. The molecule has 0 saturated carbocycles. The molecular formula is C40H43N3O7S2. The molecule has 0 saturated heterocycles. The zero-order valence-electron chi connectivity index (χ0n) is 29.7. The Bertz CT molecular complexity index is 1940. The van der Waals surface area contributed by atoms with Gasteiger partial charge in [-0.1, -0.05) is 50.1 Å². The Hall–Kier alpha value is -5.07. The predicted molar refractivity (Wildman–Crippen MR) is 207 cm³/mol. The van der Waals surface area contributed by atoms with E-state index in [2.05, 4.69) is 16.0 Å². The molecule has 1 aliphatic carbocycles. The summed E-state index contributed by atoms with van der Waals surface area (Å²) < 4.78 is 15.9. The molecule has 0 bridgehead atoms. The van der Waals surface area contributed by atoms with Gasteiger partial charge in [-0.2, -0.15) is 0 Å². The molecule has 4 aromatic rings. The molecular weight excluding hydrogens is 699 g/mol. The number of hydrogen-bond acceptors (Lipinski definition) is 9. The van der Waals surface area contributed by atoms with Gasteiger partial charge < -0.3 is 30.2 Å². The van der Waals surface area contributed by atoms with E-state index in [1.54, 1.807) is 72.8 Å². The van der Waals surface area contributed by atoms with Gasteiger partial charge in [0.15, 0.2) is 11.5 Å². The lowest BCUT2D eigenvalue weighted by molar-refractivity contribution is -0.116. The van der Waals surface area contributed by atoms with Crippen LogP contribution in [0.5, 0.6) is 11.5 Å². The molecule has 3 amide bonds. The summed E-state index contributed by atoms with van der Waals surface area (Å²) in [6.45, 7) is 1.93. The minimum Gasteiger partial charge on any atom is -0.493 e. The number of anilines is 2. The molecule has 52 heavy (non-hydrogen) atoms. The molecule has 0 aliphatic heterocycles. The quantitative estimate of drug-likeness (QED) is 0.0712. The van der Waals surface area contributed by atoms with Gasteiger partial charge >= 0.3 is 5.97 Å². The molecule has 1 unspecified atom stereocenters. The van der Waals surface area contributed by atoms with Crippen LogP contribution in [-0.2, 0) is 27.2 Å². The Morgan fingerprint density at radius 3 is 2.31 bits per heavy atom. The van der Waals surface area contributed by atoms with Crippen LogP contribution >= 0.6 is 23.1 Å². The largest absolute Gasteiger partial charge is 0.493 e. The number of methoxy groups -OCH3 is 3. The molecule has 1 aromatic heterocycles. The van der Waals surface area contributed by atoms with Crippen LogP contribution in [0.15, 0.2) is 83.4 Å². The summed E-state index contributed by atoms with van der Waals surface area (Å²) >= 11 is 2.83. The van der Waals surface area contributed by atoms with E-state index in [0.717, 1.165) is 53.9 Å². The molecule has 1 aliphatic rings. The second kappa shape index (κ2) is 18.4. The Kier molecular flexibility index (Phi) is 13.5. The molecule has 0 fully saturated rings. The minimum atomic E-state index is -0.547. The van der Waals surface area contributed by atoms with Crippen molar-refractivity contribution in [1.82, 2.24) is 5.32 Å². The molecule has 3 aromatic carbocycles. The van der Waals surface area contributed by atoms with E-state index in [1.165, 1.54) is 44.4 Å². The van der Waals surface area contributed by atoms with Crippen molar-refractivity contribution in [3.8, 4) is 11.5 Å². The van der Waals surface area contributed by atoms with Gasteiger partial charge in [0, 0.05) is 21.0 Å². The van der Waals surface area contributed by atoms with Crippen molar-refractivity contribution in [2.45, 2.75) is 62.0 Å². The van der Waals surface area contributed by atoms with Crippen molar-refractivity contribution in [2.24, 2.45) is 0 Å². The number of esters is 1. The van der Waals surface area contributed by atoms with Gasteiger partial charge in [0.05, 0.1) is 32.1 Å². The average Bonchev–Trinajstić information content (AvgIpc) is 3.48. The van der Waals surface area contributed by atoms with Gasteiger partial charge in [-0.25, -0.2) is 4.79 Å². The monoisotopic (exact) mass is 741 g/mol. The number of carbonyl (C=O) groups excluding carboxylic acids is 4. The van der Waals surface area contributed by atoms with Crippen LogP contribution in [0.3, 0.4) is 0 Å². The van der Waals surface area contributed by atoms with Gasteiger partial charge in [-0.15, -0.1) is 23.1 Å². The Morgan fingerprint density at radius 1 is 0.846 bits per heavy atom. The first-order valence-electron chi connectivity index (χ1n) is 17.2. The number of benzene rings is 3. The Balaban J connectivity index is 1.34. The molecule has 0 radical (unpaired) electrons. The molecule has 12 heteroatoms. The first kappa shape index (κ1) is 38.2. The topological polar surface area (TPSA) is 132 Å². The van der Waals surface area contributed by atoms with Crippen LogP contribution in [0.2, 0.25) is 0 Å². The van der Waals surface area contributed by atoms with Gasteiger partial charge in [-0.05, 0) is 91.8 Å². The van der Waals surface area contributed by atoms with Gasteiger partial charge in [0.2, 0.25) is 5.91 Å². The molecule has 5 rings (SSSR count). The lowest BCUT2D eigenvalue weighted by Gasteiger charge is -2.16. The first-order chi connectivity index (χ1) is 25.2. The van der Waals surface area contributed by atoms with Crippen molar-refractivity contribution >= 4 is 63.6 Å². The molecule has 0 spiro atoms. The number of thioether (sulfide) groups is 1. The lowest BCUT2D eigenvalue weighted by Crippen LogP contribution is -2.30. The Labute approximate surface area is 312 Å². The molecule has 3 N–H and O–H groups in total. The van der Waals surface area contributed by atoms with E-state index in [4.69, 9.17) is 14.2 Å². The standard InChI is InChI=1S/C40H43N3O7S2/c1-5-33(38(46)43-39-35(40(47)50-4)29-18-11-6-7-12-19-34(29)52-39)51-28-17-13-16-27(24-28)41-37(45)30(42-36(44)26-14-9-8-10-15-26)22-25-20-21-31(48-2)32(23-25)49-3/h8-10,13-17,20-24,33H,5-7,11-12,18-19H2,1-4H3,(H,41,45)(H,42,44)(H,43,46)/b30-22+. The highest BCUT2D eigenvalue weighted by Crippen LogP contribution is 2.38. The zero-order chi connectivity index (χ0) is 37.0. The van der Waals surface area contributed by atoms with Crippen LogP contribution in [-0.4, -0.2) is 50.3 Å². The van der Waals surface area contributed by atoms with Crippen molar-refractivity contribution in [3.05, 3.63) is 106 Å². The third-order valence-electron chi connectivity index (χ3n) is 8.58. The molecule has 1 heterocycles. The molecule has 10 nitrogen and oxygen atoms in total. The summed E-state index contributed by atoms with van der Waals surface area (Å²) in [6.07, 6.45) is 8.06. The highest BCUT2D eigenvalue weighted by molar-refractivity contribution is 8.00. The summed E-state index contributed by atoms with van der Waals surface area (Å²) in [5.41, 5.74) is 2.95. The number of nitrogens with one attached hydrogen (secondary N) is 3. The summed E-state index contributed by atoms with van der Waals surface area (Å²) in [7, 11) is 4.42. The third-order valence-corrected chi connectivity index (χ3v) is 11.1. The summed E-state index contributed by atoms with van der Waals surface area (Å²) in [4.78, 5) is 55.4. The van der Waals surface area contributed by atoms with Crippen LogP contribution < -0.4 is 25.4 Å². The fraction of sp³-hybridized carbons (Fsp3) is 0.300. The number of fused-ring (bicyclic) bond motifs is 1. The predicted octanol–water partition coefficient (Wildman–Crippen LogP) is 8.13. The maximum absolute atomic E-state index is 13.7. The van der Waals surface area contributed by atoms with E-state index in [9.17, 15) is 19.2 Å². The maximum Gasteiger partial charge on any atom is 0.341 e. The normalized spacial score (nSPS) is 13.4. The smallest absolute Gasteiger partial charge is 0.341 e. The number of amides is 3. The minimum absolute atomic E-state index is 0.0106. The second-order valence-corrected chi connectivity index (χ2v) is 14.5. The number of ether oxygens (including phenoxy) is 3. The van der Waals surface area contributed by atoms with Gasteiger partial charge in [0.25, 0.3) is 11.8 Å². The van der Waals surface area contributed by atoms with E-state index in [-0.39, 0.29) is 11.6 Å². The third kappa shape index (κ3) is 9.62. The molecule has 272 valence electrons. The van der Waals surface area contributed by atoms with Crippen LogP contribution in [0.4, 0.5) is 10.7 Å². The fourth-order valence-electron chi connectivity index (χ4n) is 5.90. The fourth-order valence-corrected chi connectivity index (χ4v) is 8.20. The van der Waals surface area contributed by atoms with Gasteiger partial charge in [-0.3, -0.25) is 14.4 Å². The first-order valence-corrected chi connectivity index (χ1v) is 18.9. The van der Waals surface area contributed by atoms with Crippen molar-refractivity contribution < 1.29 is 33.4 Å². The zero-order valence-corrected chi connectivity index (χ0v) is 31.3. The lowest BCUT2D eigenvalue weighted by atomic mass is 9.96. The highest BCUT2D eigenvalue weighted by atomic mass is 32.2. The van der Waals surface area contributed by atoms with Crippen LogP contribution in [0, 0.1) is 0 Å². The average molecular weight is 742 g/mol. The SMILES string of the molecule is CCC(Sc1cccc(NC(=O)/C(=C\c2ccc(OC)c(OC)c2)NC(=O)c2ccccc2)c1)C(=O)Nc1sc2c(c1C(=O)OC)CCCCCC2. The Morgan fingerprint density at radius 2 is 1.60 bits per heavy atom. The summed E-state index contributed by atoms with van der Waals surface area (Å²) in [6, 6.07) is 21.0. The summed E-state index contributed by atoms with van der Waals surface area (Å²) in [5, 5.41) is 8.75. The summed E-state index contributed by atoms with van der Waals surface area (Å²) in [5.74, 6) is -0.652. The van der Waals surface area contributed by atoms with Crippen molar-refractivity contribution in [3.63, 3.8) is 0 Å². The van der Waals surface area contributed by atoms with E-state index < -0.39 is 23.0 Å². The highest BCUT2D eigenvalue weighted by Gasteiger charge is 2.28.